The van der Waals surface area contributed by atoms with Gasteiger partial charge in [-0.15, -0.1) is 0 Å². The molecule has 4 nitrogen and oxygen atoms in total. The van der Waals surface area contributed by atoms with Gasteiger partial charge in [-0.1, -0.05) is 18.2 Å². The predicted molar refractivity (Wildman–Crippen MR) is 97.7 cm³/mol. The minimum absolute atomic E-state index is 0.215. The molecule has 3 rings (SSSR count). The first kappa shape index (κ1) is 19.3. The fourth-order valence-electron chi connectivity index (χ4n) is 2.34. The first-order valence-corrected chi connectivity index (χ1v) is 8.34. The molecule has 7 heteroatoms. The van der Waals surface area contributed by atoms with Gasteiger partial charge in [0.15, 0.2) is 18.2 Å². The molecule has 0 atom stereocenters. The smallest absolute Gasteiger partial charge is 0.262 e. The zero-order valence-electron chi connectivity index (χ0n) is 14.6. The van der Waals surface area contributed by atoms with Gasteiger partial charge >= 0.3 is 0 Å². The SMILES string of the molecule is O=C(COc1ccc(F)cc1F)Nc1cccc(OCc2ccc(F)cc2)c1. The van der Waals surface area contributed by atoms with Crippen LogP contribution in [0.3, 0.4) is 0 Å². The number of ether oxygens (including phenoxy) is 2. The first-order valence-electron chi connectivity index (χ1n) is 8.34. The van der Waals surface area contributed by atoms with Crippen LogP contribution in [0, 0.1) is 17.5 Å². The van der Waals surface area contributed by atoms with Crippen LogP contribution in [-0.2, 0) is 11.4 Å². The zero-order valence-corrected chi connectivity index (χ0v) is 14.6. The number of carbonyl (C=O) groups is 1. The lowest BCUT2D eigenvalue weighted by atomic mass is 10.2. The highest BCUT2D eigenvalue weighted by molar-refractivity contribution is 5.92. The van der Waals surface area contributed by atoms with E-state index < -0.39 is 24.1 Å². The number of hydrogen-bond donors (Lipinski definition) is 1. The number of anilines is 1. The van der Waals surface area contributed by atoms with E-state index in [2.05, 4.69) is 5.32 Å². The summed E-state index contributed by atoms with van der Waals surface area (Å²) in [5, 5.41) is 2.60. The minimum Gasteiger partial charge on any atom is -0.489 e. The van der Waals surface area contributed by atoms with Crippen molar-refractivity contribution in [3.8, 4) is 11.5 Å². The Kier molecular flexibility index (Phi) is 6.16. The third-order valence-electron chi connectivity index (χ3n) is 3.69. The average Bonchev–Trinajstić information content (AvgIpc) is 2.67. The summed E-state index contributed by atoms with van der Waals surface area (Å²) in [7, 11) is 0. The highest BCUT2D eigenvalue weighted by Crippen LogP contribution is 2.20. The van der Waals surface area contributed by atoms with Crippen LogP contribution in [-0.4, -0.2) is 12.5 Å². The monoisotopic (exact) mass is 387 g/mol. The fraction of sp³-hybridized carbons (Fsp3) is 0.0952. The van der Waals surface area contributed by atoms with E-state index in [1.54, 1.807) is 36.4 Å². The molecule has 0 radical (unpaired) electrons. The molecule has 3 aromatic carbocycles. The van der Waals surface area contributed by atoms with Crippen molar-refractivity contribution in [2.24, 2.45) is 0 Å². The van der Waals surface area contributed by atoms with Gasteiger partial charge in [-0.25, -0.2) is 13.2 Å². The summed E-state index contributed by atoms with van der Waals surface area (Å²) in [5.41, 5.74) is 1.26. The number of hydrogen-bond acceptors (Lipinski definition) is 3. The molecule has 144 valence electrons. The number of nitrogens with one attached hydrogen (secondary N) is 1. The predicted octanol–water partition coefficient (Wildman–Crippen LogP) is 4.70. The molecule has 0 aliphatic carbocycles. The van der Waals surface area contributed by atoms with Crippen molar-refractivity contribution < 1.29 is 27.4 Å². The number of rotatable bonds is 7. The van der Waals surface area contributed by atoms with Gasteiger partial charge in [-0.05, 0) is 42.0 Å². The quantitative estimate of drug-likeness (QED) is 0.639. The van der Waals surface area contributed by atoms with E-state index in [0.717, 1.165) is 17.7 Å². The maximum atomic E-state index is 13.5. The van der Waals surface area contributed by atoms with E-state index in [-0.39, 0.29) is 18.2 Å². The van der Waals surface area contributed by atoms with Crippen LogP contribution in [0.2, 0.25) is 0 Å². The highest BCUT2D eigenvalue weighted by Gasteiger charge is 2.09. The average molecular weight is 387 g/mol. The van der Waals surface area contributed by atoms with Gasteiger partial charge in [0, 0.05) is 17.8 Å². The van der Waals surface area contributed by atoms with Gasteiger partial charge in [0.05, 0.1) is 0 Å². The molecule has 0 aliphatic heterocycles. The van der Waals surface area contributed by atoms with Gasteiger partial charge in [0.2, 0.25) is 0 Å². The van der Waals surface area contributed by atoms with Crippen LogP contribution >= 0.6 is 0 Å². The van der Waals surface area contributed by atoms with Gasteiger partial charge in [0.25, 0.3) is 5.91 Å². The summed E-state index contributed by atoms with van der Waals surface area (Å²) in [4.78, 5) is 12.0. The second-order valence-corrected chi connectivity index (χ2v) is 5.85. The molecule has 1 N–H and O–H groups in total. The highest BCUT2D eigenvalue weighted by atomic mass is 19.1. The second kappa shape index (κ2) is 8.94. The largest absolute Gasteiger partial charge is 0.489 e. The Morgan fingerprint density at radius 3 is 2.36 bits per heavy atom. The molecule has 28 heavy (non-hydrogen) atoms. The van der Waals surface area contributed by atoms with Gasteiger partial charge < -0.3 is 14.8 Å². The molecule has 3 aromatic rings. The topological polar surface area (TPSA) is 47.6 Å². The molecule has 0 aliphatic rings. The molecular weight excluding hydrogens is 371 g/mol. The molecule has 0 saturated heterocycles. The summed E-state index contributed by atoms with van der Waals surface area (Å²) in [6, 6.07) is 15.4. The lowest BCUT2D eigenvalue weighted by Gasteiger charge is -2.10. The van der Waals surface area contributed by atoms with Gasteiger partial charge in [-0.3, -0.25) is 4.79 Å². The second-order valence-electron chi connectivity index (χ2n) is 5.85. The first-order chi connectivity index (χ1) is 13.5. The summed E-state index contributed by atoms with van der Waals surface area (Å²) < 4.78 is 49.9. The van der Waals surface area contributed by atoms with Crippen molar-refractivity contribution in [3.05, 3.63) is 89.7 Å². The van der Waals surface area contributed by atoms with Crippen LogP contribution in [0.25, 0.3) is 0 Å². The Balaban J connectivity index is 1.53. The molecule has 0 unspecified atom stereocenters. The van der Waals surface area contributed by atoms with E-state index in [1.807, 2.05) is 0 Å². The van der Waals surface area contributed by atoms with Crippen molar-refractivity contribution in [2.75, 3.05) is 11.9 Å². The van der Waals surface area contributed by atoms with E-state index >= 15 is 0 Å². The molecule has 0 bridgehead atoms. The number of carbonyl (C=O) groups excluding carboxylic acids is 1. The summed E-state index contributed by atoms with van der Waals surface area (Å²) in [5.74, 6) is -2.16. The number of amides is 1. The van der Waals surface area contributed by atoms with E-state index in [9.17, 15) is 18.0 Å². The third kappa shape index (κ3) is 5.51. The van der Waals surface area contributed by atoms with Crippen LogP contribution < -0.4 is 14.8 Å². The van der Waals surface area contributed by atoms with Crippen LogP contribution in [0.15, 0.2) is 66.7 Å². The Morgan fingerprint density at radius 2 is 1.61 bits per heavy atom. The van der Waals surface area contributed by atoms with Gasteiger partial charge in [0.1, 0.15) is 24.0 Å². The van der Waals surface area contributed by atoms with Crippen LogP contribution in [0.4, 0.5) is 18.9 Å². The van der Waals surface area contributed by atoms with Crippen molar-refractivity contribution in [2.45, 2.75) is 6.61 Å². The third-order valence-corrected chi connectivity index (χ3v) is 3.69. The molecule has 0 spiro atoms. The Bertz CT molecular complexity index is 961. The van der Waals surface area contributed by atoms with Crippen molar-refractivity contribution >= 4 is 11.6 Å². The van der Waals surface area contributed by atoms with Crippen molar-refractivity contribution in [1.82, 2.24) is 0 Å². The minimum atomic E-state index is -0.885. The standard InChI is InChI=1S/C21H16F3NO3/c22-15-6-4-14(5-7-15)12-27-18-3-1-2-17(11-18)25-21(26)13-28-20-9-8-16(23)10-19(20)24/h1-11H,12-13H2,(H,25,26). The molecule has 0 saturated carbocycles. The lowest BCUT2D eigenvalue weighted by molar-refractivity contribution is -0.118. The van der Waals surface area contributed by atoms with E-state index in [0.29, 0.717) is 17.5 Å². The summed E-state index contributed by atoms with van der Waals surface area (Å²) >= 11 is 0. The fourth-order valence-corrected chi connectivity index (χ4v) is 2.34. The van der Waals surface area contributed by atoms with Crippen molar-refractivity contribution in [3.63, 3.8) is 0 Å². The van der Waals surface area contributed by atoms with Gasteiger partial charge in [-0.2, -0.15) is 0 Å². The Labute approximate surface area is 159 Å². The summed E-state index contributed by atoms with van der Waals surface area (Å²) in [6.45, 7) is -0.201. The number of halogens is 3. The molecule has 0 heterocycles. The normalized spacial score (nSPS) is 10.4. The van der Waals surface area contributed by atoms with E-state index in [4.69, 9.17) is 9.47 Å². The lowest BCUT2D eigenvalue weighted by Crippen LogP contribution is -2.20. The molecule has 0 aromatic heterocycles. The van der Waals surface area contributed by atoms with Crippen LogP contribution in [0.5, 0.6) is 11.5 Å². The maximum Gasteiger partial charge on any atom is 0.262 e. The molecule has 0 fully saturated rings. The van der Waals surface area contributed by atoms with E-state index in [1.165, 1.54) is 12.1 Å². The number of benzene rings is 3. The molecular formula is C21H16F3NO3. The Hall–Kier alpha value is -3.48. The van der Waals surface area contributed by atoms with Crippen molar-refractivity contribution in [1.29, 1.82) is 0 Å². The van der Waals surface area contributed by atoms with Crippen LogP contribution in [0.1, 0.15) is 5.56 Å². The Morgan fingerprint density at radius 1 is 0.857 bits per heavy atom. The summed E-state index contributed by atoms with van der Waals surface area (Å²) in [6.07, 6.45) is 0. The maximum absolute atomic E-state index is 13.5. The zero-order chi connectivity index (χ0) is 19.9. The molecule has 1 amide bonds.